The summed E-state index contributed by atoms with van der Waals surface area (Å²) in [6.07, 6.45) is -2.45. The van der Waals surface area contributed by atoms with E-state index in [2.05, 4.69) is 15.5 Å². The van der Waals surface area contributed by atoms with Crippen molar-refractivity contribution >= 4 is 5.91 Å². The Labute approximate surface area is 120 Å². The Bertz CT molecular complexity index is 498. The van der Waals surface area contributed by atoms with Gasteiger partial charge in [0, 0.05) is 37.3 Å². The molecule has 8 heteroatoms. The second-order valence-electron chi connectivity index (χ2n) is 5.15. The Kier molecular flexibility index (Phi) is 4.87. The van der Waals surface area contributed by atoms with Crippen LogP contribution in [0.5, 0.6) is 0 Å². The molecule has 118 valence electrons. The Morgan fingerprint density at radius 1 is 1.43 bits per heavy atom. The first-order chi connectivity index (χ1) is 9.92. The molecule has 21 heavy (non-hydrogen) atoms. The Balaban J connectivity index is 2.18. The maximum atomic E-state index is 12.6. The van der Waals surface area contributed by atoms with Gasteiger partial charge in [0.2, 0.25) is 0 Å². The van der Waals surface area contributed by atoms with E-state index >= 15 is 0 Å². The zero-order chi connectivity index (χ0) is 15.5. The van der Waals surface area contributed by atoms with Gasteiger partial charge in [0.15, 0.2) is 5.69 Å². The second-order valence-corrected chi connectivity index (χ2v) is 5.15. The average molecular weight is 304 g/mol. The molecule has 2 heterocycles. The fraction of sp³-hybridized carbons (Fsp3) is 0.692. The van der Waals surface area contributed by atoms with Gasteiger partial charge in [-0.3, -0.25) is 9.89 Å². The summed E-state index contributed by atoms with van der Waals surface area (Å²) in [6, 6.07) is 0. The van der Waals surface area contributed by atoms with Crippen molar-refractivity contribution in [3.63, 3.8) is 0 Å². The van der Waals surface area contributed by atoms with Crippen LogP contribution in [0, 0.1) is 0 Å². The number of nitrogens with one attached hydrogen (secondary N) is 2. The molecule has 5 nitrogen and oxygen atoms in total. The Morgan fingerprint density at radius 3 is 2.86 bits per heavy atom. The van der Waals surface area contributed by atoms with Crippen LogP contribution in [0.4, 0.5) is 13.2 Å². The number of amides is 1. The molecule has 2 N–H and O–H groups in total. The first kappa shape index (κ1) is 15.8. The first-order valence-electron chi connectivity index (χ1n) is 7.05. The van der Waals surface area contributed by atoms with Gasteiger partial charge < -0.3 is 10.2 Å². The normalized spacial score (nSPS) is 14.9. The molecule has 0 spiro atoms. The number of unbranched alkanes of at least 4 members (excludes halogenated alkanes) is 1. The number of rotatable bonds is 5. The number of fused-ring (bicyclic) bond motifs is 1. The van der Waals surface area contributed by atoms with Crippen LogP contribution in [-0.4, -0.2) is 46.8 Å². The number of carbonyl (C=O) groups is 1. The monoisotopic (exact) mass is 304 g/mol. The number of hydrogen-bond donors (Lipinski definition) is 2. The quantitative estimate of drug-likeness (QED) is 0.873. The molecular weight excluding hydrogens is 285 g/mol. The van der Waals surface area contributed by atoms with E-state index < -0.39 is 18.6 Å². The van der Waals surface area contributed by atoms with Crippen LogP contribution in [0.15, 0.2) is 0 Å². The third-order valence-electron chi connectivity index (χ3n) is 3.45. The third-order valence-corrected chi connectivity index (χ3v) is 3.45. The van der Waals surface area contributed by atoms with Gasteiger partial charge in [0.1, 0.15) is 6.54 Å². The lowest BCUT2D eigenvalue weighted by Gasteiger charge is -2.24. The number of H-pyrrole nitrogens is 1. The van der Waals surface area contributed by atoms with E-state index in [4.69, 9.17) is 0 Å². The predicted molar refractivity (Wildman–Crippen MR) is 70.9 cm³/mol. The molecule has 1 aromatic rings. The van der Waals surface area contributed by atoms with Crippen molar-refractivity contribution in [2.45, 2.75) is 38.9 Å². The first-order valence-corrected chi connectivity index (χ1v) is 7.05. The minimum Gasteiger partial charge on any atom is -0.328 e. The Morgan fingerprint density at radius 2 is 2.19 bits per heavy atom. The van der Waals surface area contributed by atoms with Crippen molar-refractivity contribution in [3.05, 3.63) is 17.0 Å². The van der Waals surface area contributed by atoms with Crippen LogP contribution >= 0.6 is 0 Å². The van der Waals surface area contributed by atoms with Crippen molar-refractivity contribution in [3.8, 4) is 0 Å². The summed E-state index contributed by atoms with van der Waals surface area (Å²) in [5.74, 6) is -0.651. The lowest BCUT2D eigenvalue weighted by atomic mass is 10.1. The van der Waals surface area contributed by atoms with Crippen LogP contribution in [0.3, 0.4) is 0 Å². The molecule has 0 unspecified atom stereocenters. The van der Waals surface area contributed by atoms with E-state index in [1.54, 1.807) is 0 Å². The molecule has 0 atom stereocenters. The molecule has 1 amide bonds. The van der Waals surface area contributed by atoms with Gasteiger partial charge in [-0.05, 0) is 6.42 Å². The van der Waals surface area contributed by atoms with Gasteiger partial charge in [-0.15, -0.1) is 0 Å². The van der Waals surface area contributed by atoms with Crippen molar-refractivity contribution < 1.29 is 18.0 Å². The molecule has 0 aliphatic carbocycles. The summed E-state index contributed by atoms with van der Waals surface area (Å²) in [7, 11) is 0. The number of alkyl halides is 3. The van der Waals surface area contributed by atoms with Gasteiger partial charge >= 0.3 is 6.18 Å². The third kappa shape index (κ3) is 3.96. The van der Waals surface area contributed by atoms with Crippen LogP contribution in [-0.2, 0) is 13.0 Å². The molecule has 0 saturated heterocycles. The lowest BCUT2D eigenvalue weighted by Crippen LogP contribution is -2.40. The van der Waals surface area contributed by atoms with E-state index in [1.807, 2.05) is 6.92 Å². The molecule has 1 aromatic heterocycles. The minimum absolute atomic E-state index is 0.0872. The van der Waals surface area contributed by atoms with Gasteiger partial charge in [0.25, 0.3) is 5.91 Å². The molecule has 1 aliphatic heterocycles. The zero-order valence-electron chi connectivity index (χ0n) is 11.9. The molecule has 2 rings (SSSR count). The summed E-state index contributed by atoms with van der Waals surface area (Å²) in [5, 5.41) is 9.80. The van der Waals surface area contributed by atoms with Gasteiger partial charge in [-0.1, -0.05) is 13.3 Å². The minimum atomic E-state index is -4.40. The summed E-state index contributed by atoms with van der Waals surface area (Å²) < 4.78 is 37.9. The highest BCUT2D eigenvalue weighted by Crippen LogP contribution is 2.21. The molecular formula is C13H19F3N4O. The molecule has 0 bridgehead atoms. The average Bonchev–Trinajstić information content (AvgIpc) is 2.85. The van der Waals surface area contributed by atoms with Gasteiger partial charge in [-0.25, -0.2) is 0 Å². The van der Waals surface area contributed by atoms with Gasteiger partial charge in [-0.2, -0.15) is 18.3 Å². The smallest absolute Gasteiger partial charge is 0.328 e. The molecule has 0 saturated carbocycles. The zero-order valence-corrected chi connectivity index (χ0v) is 11.9. The van der Waals surface area contributed by atoms with Crippen molar-refractivity contribution in [1.82, 2.24) is 20.4 Å². The van der Waals surface area contributed by atoms with Crippen LogP contribution in [0.2, 0.25) is 0 Å². The second kappa shape index (κ2) is 6.46. The molecule has 0 aromatic carbocycles. The topological polar surface area (TPSA) is 61.0 Å². The Hall–Kier alpha value is -1.57. The SMILES string of the molecule is CCCCN(CC(F)(F)F)C(=O)c1n[nH]c2c1CNCC2. The summed E-state index contributed by atoms with van der Waals surface area (Å²) in [5.41, 5.74) is 1.63. The number of nitrogens with zero attached hydrogens (tertiary/aromatic N) is 2. The number of aromatic amines is 1. The largest absolute Gasteiger partial charge is 0.406 e. The number of aromatic nitrogens is 2. The van der Waals surface area contributed by atoms with Crippen molar-refractivity contribution in [2.24, 2.45) is 0 Å². The fourth-order valence-electron chi connectivity index (χ4n) is 2.37. The highest BCUT2D eigenvalue weighted by molar-refractivity contribution is 5.94. The summed E-state index contributed by atoms with van der Waals surface area (Å²) in [4.78, 5) is 13.2. The van der Waals surface area contributed by atoms with E-state index in [1.165, 1.54) is 0 Å². The number of carbonyl (C=O) groups excluding carboxylic acids is 1. The molecule has 0 radical (unpaired) electrons. The highest BCUT2D eigenvalue weighted by atomic mass is 19.4. The van der Waals surface area contributed by atoms with Crippen LogP contribution < -0.4 is 5.32 Å². The molecule has 1 aliphatic rings. The lowest BCUT2D eigenvalue weighted by molar-refractivity contribution is -0.140. The van der Waals surface area contributed by atoms with Crippen molar-refractivity contribution in [2.75, 3.05) is 19.6 Å². The van der Waals surface area contributed by atoms with E-state index in [0.29, 0.717) is 24.9 Å². The maximum absolute atomic E-state index is 12.6. The van der Waals surface area contributed by atoms with E-state index in [9.17, 15) is 18.0 Å². The van der Waals surface area contributed by atoms with E-state index in [0.717, 1.165) is 23.6 Å². The van der Waals surface area contributed by atoms with Gasteiger partial charge in [0.05, 0.1) is 0 Å². The van der Waals surface area contributed by atoms with Crippen LogP contribution in [0.25, 0.3) is 0 Å². The summed E-state index contributed by atoms with van der Waals surface area (Å²) >= 11 is 0. The van der Waals surface area contributed by atoms with Crippen molar-refractivity contribution in [1.29, 1.82) is 0 Å². The maximum Gasteiger partial charge on any atom is 0.406 e. The fourth-order valence-corrected chi connectivity index (χ4v) is 2.37. The standard InChI is InChI=1S/C13H19F3N4O/c1-2-3-6-20(8-13(14,15)16)12(21)11-9-7-17-5-4-10(9)18-19-11/h17H,2-8H2,1H3,(H,18,19). The highest BCUT2D eigenvalue weighted by Gasteiger charge is 2.35. The summed E-state index contributed by atoms with van der Waals surface area (Å²) in [6.45, 7) is 1.95. The number of hydrogen-bond acceptors (Lipinski definition) is 3. The van der Waals surface area contributed by atoms with E-state index in [-0.39, 0.29) is 12.2 Å². The number of halogens is 3. The van der Waals surface area contributed by atoms with Crippen LogP contribution in [0.1, 0.15) is 41.5 Å². The predicted octanol–water partition coefficient (Wildman–Crippen LogP) is 1.86. The molecule has 0 fully saturated rings.